The summed E-state index contributed by atoms with van der Waals surface area (Å²) in [5, 5.41) is -0.642. The fourth-order valence-electron chi connectivity index (χ4n) is 1.90. The highest BCUT2D eigenvalue weighted by atomic mass is 79.9. The second kappa shape index (κ2) is 6.91. The van der Waals surface area contributed by atoms with Crippen molar-refractivity contribution in [1.82, 2.24) is 4.90 Å². The van der Waals surface area contributed by atoms with E-state index in [1.54, 1.807) is 11.9 Å². The molecule has 104 valence electrons. The van der Waals surface area contributed by atoms with Gasteiger partial charge in [-0.2, -0.15) is 0 Å². The Morgan fingerprint density at radius 1 is 1.15 bits per heavy atom. The lowest BCUT2D eigenvalue weighted by Crippen LogP contribution is -2.29. The predicted octanol–water partition coefficient (Wildman–Crippen LogP) is 4.39. The zero-order valence-corrected chi connectivity index (χ0v) is 13.4. The molecule has 0 aliphatic rings. The van der Waals surface area contributed by atoms with Crippen LogP contribution in [0.2, 0.25) is 0 Å². The summed E-state index contributed by atoms with van der Waals surface area (Å²) in [4.78, 5) is 13.9. The van der Waals surface area contributed by atoms with Crippen LogP contribution in [-0.2, 0) is 11.3 Å². The average Bonchev–Trinajstić information content (AvgIpc) is 2.49. The molecule has 1 amide bonds. The minimum Gasteiger partial charge on any atom is -0.340 e. The molecule has 0 bridgehead atoms. The smallest absolute Gasteiger partial charge is 0.245 e. The number of alkyl halides is 1. The summed E-state index contributed by atoms with van der Waals surface area (Å²) in [5.74, 6) is -0.0965. The number of likely N-dealkylation sites (N-methyl/N-ethyl adjacent to an activating group) is 1. The molecule has 0 fully saturated rings. The second-order valence-electron chi connectivity index (χ2n) is 4.59. The van der Waals surface area contributed by atoms with E-state index < -0.39 is 5.38 Å². The van der Waals surface area contributed by atoms with Gasteiger partial charge < -0.3 is 4.90 Å². The van der Waals surface area contributed by atoms with Crippen LogP contribution in [0.3, 0.4) is 0 Å². The molecule has 0 aromatic heterocycles. The van der Waals surface area contributed by atoms with Gasteiger partial charge in [-0.05, 0) is 23.3 Å². The predicted molar refractivity (Wildman–Crippen MR) is 85.7 cm³/mol. The quantitative estimate of drug-likeness (QED) is 0.747. The zero-order chi connectivity index (χ0) is 14.5. The number of hydrogen-bond acceptors (Lipinski definition) is 1. The first-order valence-corrected chi connectivity index (χ1v) is 7.49. The van der Waals surface area contributed by atoms with Gasteiger partial charge in [0.1, 0.15) is 5.38 Å². The first-order valence-electron chi connectivity index (χ1n) is 6.26. The molecule has 2 aromatic rings. The Kier molecular flexibility index (Phi) is 5.21. The van der Waals surface area contributed by atoms with Gasteiger partial charge in [0, 0.05) is 18.1 Å². The van der Waals surface area contributed by atoms with Crippen LogP contribution in [0, 0.1) is 0 Å². The third kappa shape index (κ3) is 3.84. The van der Waals surface area contributed by atoms with Crippen LogP contribution in [-0.4, -0.2) is 17.9 Å². The zero-order valence-electron chi connectivity index (χ0n) is 11.1. The minimum absolute atomic E-state index is 0.0965. The van der Waals surface area contributed by atoms with E-state index in [-0.39, 0.29) is 5.91 Å². The molecule has 1 unspecified atom stereocenters. The number of amides is 1. The van der Waals surface area contributed by atoms with E-state index >= 15 is 0 Å². The summed E-state index contributed by atoms with van der Waals surface area (Å²) in [7, 11) is 1.77. The van der Waals surface area contributed by atoms with Crippen LogP contribution in [0.15, 0.2) is 59.1 Å². The fraction of sp³-hybridized carbons (Fsp3) is 0.188. The van der Waals surface area contributed by atoms with Crippen LogP contribution in [0.4, 0.5) is 0 Å². The number of carbonyl (C=O) groups is 1. The van der Waals surface area contributed by atoms with Crippen LogP contribution in [0.25, 0.3) is 0 Å². The van der Waals surface area contributed by atoms with E-state index in [0.717, 1.165) is 15.6 Å². The molecule has 2 nitrogen and oxygen atoms in total. The molecule has 0 N–H and O–H groups in total. The molecule has 2 aromatic carbocycles. The van der Waals surface area contributed by atoms with Gasteiger partial charge in [-0.25, -0.2) is 0 Å². The van der Waals surface area contributed by atoms with E-state index in [1.165, 1.54) is 0 Å². The Bertz CT molecular complexity index is 571. The van der Waals surface area contributed by atoms with Gasteiger partial charge in [0.15, 0.2) is 0 Å². The van der Waals surface area contributed by atoms with E-state index in [9.17, 15) is 4.79 Å². The highest BCUT2D eigenvalue weighted by Crippen LogP contribution is 2.23. The molecule has 4 heteroatoms. The molecule has 0 saturated carbocycles. The molecule has 20 heavy (non-hydrogen) atoms. The highest BCUT2D eigenvalue weighted by molar-refractivity contribution is 9.10. The lowest BCUT2D eigenvalue weighted by Gasteiger charge is -2.20. The first-order chi connectivity index (χ1) is 9.58. The van der Waals surface area contributed by atoms with Gasteiger partial charge >= 0.3 is 0 Å². The third-order valence-corrected chi connectivity index (χ3v) is 3.99. The molecular formula is C16H15BrClNO. The lowest BCUT2D eigenvalue weighted by molar-refractivity contribution is -0.130. The number of rotatable bonds is 4. The largest absolute Gasteiger partial charge is 0.340 e. The summed E-state index contributed by atoms with van der Waals surface area (Å²) in [6, 6.07) is 17.3. The molecule has 0 spiro atoms. The maximum Gasteiger partial charge on any atom is 0.245 e. The fourth-order valence-corrected chi connectivity index (χ4v) is 2.48. The molecule has 0 aliphatic heterocycles. The van der Waals surface area contributed by atoms with E-state index in [0.29, 0.717) is 6.54 Å². The maximum atomic E-state index is 12.3. The third-order valence-electron chi connectivity index (χ3n) is 3.02. The van der Waals surface area contributed by atoms with Crippen molar-refractivity contribution in [3.63, 3.8) is 0 Å². The van der Waals surface area contributed by atoms with E-state index in [4.69, 9.17) is 11.6 Å². The van der Waals surface area contributed by atoms with Crippen molar-refractivity contribution in [2.24, 2.45) is 0 Å². The maximum absolute atomic E-state index is 12.3. The molecule has 1 atom stereocenters. The number of nitrogens with zero attached hydrogens (tertiary/aromatic N) is 1. The first kappa shape index (κ1) is 15.1. The summed E-state index contributed by atoms with van der Waals surface area (Å²) >= 11 is 9.64. The van der Waals surface area contributed by atoms with Crippen molar-refractivity contribution in [3.8, 4) is 0 Å². The topological polar surface area (TPSA) is 20.3 Å². The molecule has 0 saturated heterocycles. The van der Waals surface area contributed by atoms with Gasteiger partial charge in [0.05, 0.1) is 0 Å². The Labute approximate surface area is 132 Å². The van der Waals surface area contributed by atoms with Crippen LogP contribution in [0.5, 0.6) is 0 Å². The lowest BCUT2D eigenvalue weighted by atomic mass is 10.1. The summed E-state index contributed by atoms with van der Waals surface area (Å²) in [6.07, 6.45) is 0. The Hall–Kier alpha value is -1.32. The minimum atomic E-state index is -0.642. The Morgan fingerprint density at radius 2 is 1.75 bits per heavy atom. The average molecular weight is 353 g/mol. The molecule has 2 rings (SSSR count). The summed E-state index contributed by atoms with van der Waals surface area (Å²) in [5.41, 5.74) is 1.89. The SMILES string of the molecule is CN(Cc1ccc(Br)cc1)C(=O)C(Cl)c1ccccc1. The van der Waals surface area contributed by atoms with Gasteiger partial charge in [-0.15, -0.1) is 11.6 Å². The number of benzene rings is 2. The van der Waals surface area contributed by atoms with Crippen molar-refractivity contribution >= 4 is 33.4 Å². The Morgan fingerprint density at radius 3 is 2.35 bits per heavy atom. The molecule has 0 radical (unpaired) electrons. The number of hydrogen-bond donors (Lipinski definition) is 0. The van der Waals surface area contributed by atoms with Crippen LogP contribution >= 0.6 is 27.5 Å². The highest BCUT2D eigenvalue weighted by Gasteiger charge is 2.21. The number of carbonyl (C=O) groups excluding carboxylic acids is 1. The van der Waals surface area contributed by atoms with Gasteiger partial charge in [-0.3, -0.25) is 4.79 Å². The second-order valence-corrected chi connectivity index (χ2v) is 5.95. The van der Waals surface area contributed by atoms with Gasteiger partial charge in [0.2, 0.25) is 5.91 Å². The van der Waals surface area contributed by atoms with Crippen LogP contribution < -0.4 is 0 Å². The van der Waals surface area contributed by atoms with E-state index in [1.807, 2.05) is 54.6 Å². The standard InChI is InChI=1S/C16H15BrClNO/c1-19(11-12-7-9-14(17)10-8-12)16(20)15(18)13-5-3-2-4-6-13/h2-10,15H,11H2,1H3. The van der Waals surface area contributed by atoms with E-state index in [2.05, 4.69) is 15.9 Å². The molecule has 0 heterocycles. The van der Waals surface area contributed by atoms with Crippen molar-refractivity contribution in [2.45, 2.75) is 11.9 Å². The van der Waals surface area contributed by atoms with Gasteiger partial charge in [-0.1, -0.05) is 58.4 Å². The summed E-state index contributed by atoms with van der Waals surface area (Å²) in [6.45, 7) is 0.544. The number of halogens is 2. The van der Waals surface area contributed by atoms with Crippen molar-refractivity contribution < 1.29 is 4.79 Å². The van der Waals surface area contributed by atoms with Gasteiger partial charge in [0.25, 0.3) is 0 Å². The van der Waals surface area contributed by atoms with Crippen molar-refractivity contribution in [3.05, 3.63) is 70.2 Å². The molecule has 0 aliphatic carbocycles. The normalized spacial score (nSPS) is 11.9. The van der Waals surface area contributed by atoms with Crippen LogP contribution in [0.1, 0.15) is 16.5 Å². The monoisotopic (exact) mass is 351 g/mol. The Balaban J connectivity index is 2.03. The summed E-state index contributed by atoms with van der Waals surface area (Å²) < 4.78 is 1.02. The van der Waals surface area contributed by atoms with Crippen molar-refractivity contribution in [2.75, 3.05) is 7.05 Å². The molecular weight excluding hydrogens is 338 g/mol. The van der Waals surface area contributed by atoms with Crippen molar-refractivity contribution in [1.29, 1.82) is 0 Å².